The quantitative estimate of drug-likeness (QED) is 0.446. The number of nitrogens with two attached hydrogens (primary N) is 1. The molecule has 0 radical (unpaired) electrons. The fourth-order valence-electron chi connectivity index (χ4n) is 1.96. The molecule has 1 rings (SSSR count). The van der Waals surface area contributed by atoms with Crippen molar-refractivity contribution in [2.75, 3.05) is 7.11 Å². The summed E-state index contributed by atoms with van der Waals surface area (Å²) in [5.74, 6) is -1.71. The van der Waals surface area contributed by atoms with E-state index in [1.807, 2.05) is 6.08 Å². The molecule has 0 amide bonds. The molecule has 7 heteroatoms. The molecule has 1 aliphatic carbocycles. The highest BCUT2D eigenvalue weighted by molar-refractivity contribution is 6.74. The molecular weight excluding hydrogens is 334 g/mol. The maximum atomic E-state index is 11.3. The van der Waals surface area contributed by atoms with E-state index in [1.165, 1.54) is 7.11 Å². The first-order valence-electron chi connectivity index (χ1n) is 7.54. The van der Waals surface area contributed by atoms with Crippen molar-refractivity contribution in [2.45, 2.75) is 63.6 Å². The Hall–Kier alpha value is -0.663. The zero-order valence-electron chi connectivity index (χ0n) is 14.9. The van der Waals surface area contributed by atoms with Gasteiger partial charge in [-0.1, -0.05) is 32.9 Å². The number of rotatable bonds is 5. The van der Waals surface area contributed by atoms with Crippen molar-refractivity contribution >= 4 is 26.7 Å². The Morgan fingerprint density at radius 1 is 1.48 bits per heavy atom. The molecule has 5 nitrogen and oxygen atoms in total. The maximum absolute atomic E-state index is 11.3. The van der Waals surface area contributed by atoms with Crippen LogP contribution in [0.15, 0.2) is 23.8 Å². The van der Waals surface area contributed by atoms with Crippen molar-refractivity contribution in [1.29, 1.82) is 0 Å². The van der Waals surface area contributed by atoms with Crippen LogP contribution in [0.1, 0.15) is 33.6 Å². The highest BCUT2D eigenvalue weighted by Gasteiger charge is 2.43. The van der Waals surface area contributed by atoms with Crippen molar-refractivity contribution in [3.63, 3.8) is 0 Å². The van der Waals surface area contributed by atoms with Gasteiger partial charge in [-0.05, 0) is 36.2 Å². The number of hydrogen-bond acceptors (Lipinski definition) is 5. The number of carbonyl (C=O) groups is 1. The smallest absolute Gasteiger partial charge is 0.322 e. The van der Waals surface area contributed by atoms with E-state index >= 15 is 0 Å². The van der Waals surface area contributed by atoms with Crippen LogP contribution in [0.3, 0.4) is 0 Å². The summed E-state index contributed by atoms with van der Waals surface area (Å²) in [4.78, 5) is 11.3. The Morgan fingerprint density at radius 3 is 2.43 bits per heavy atom. The minimum Gasteiger partial charge on any atom is -0.468 e. The molecule has 0 fully saturated rings. The monoisotopic (exact) mass is 363 g/mol. The van der Waals surface area contributed by atoms with Crippen LogP contribution >= 0.6 is 12.4 Å². The third-order valence-electron chi connectivity index (χ3n) is 4.41. The molecule has 0 heterocycles. The van der Waals surface area contributed by atoms with E-state index in [2.05, 4.69) is 38.6 Å². The Balaban J connectivity index is 0.00000484. The molecule has 3 N–H and O–H groups in total. The van der Waals surface area contributed by atoms with Gasteiger partial charge in [-0.15, -0.1) is 12.4 Å². The summed E-state index contributed by atoms with van der Waals surface area (Å²) in [5, 5.41) is 10.7. The molecule has 0 saturated carbocycles. The number of halogens is 1. The molecule has 23 heavy (non-hydrogen) atoms. The summed E-state index contributed by atoms with van der Waals surface area (Å²) >= 11 is 0. The second kappa shape index (κ2) is 7.94. The lowest BCUT2D eigenvalue weighted by atomic mass is 9.97. The topological polar surface area (TPSA) is 81.8 Å². The Kier molecular flexibility index (Phi) is 7.71. The molecular formula is C16H30ClNO4Si. The van der Waals surface area contributed by atoms with Crippen LogP contribution in [0, 0.1) is 0 Å². The molecule has 2 atom stereocenters. The highest BCUT2D eigenvalue weighted by atomic mass is 35.5. The van der Waals surface area contributed by atoms with Crippen LogP contribution in [0.25, 0.3) is 0 Å². The van der Waals surface area contributed by atoms with Gasteiger partial charge >= 0.3 is 5.97 Å². The molecule has 0 aromatic heterocycles. The molecule has 0 spiro atoms. The lowest BCUT2D eigenvalue weighted by Crippen LogP contribution is -2.49. The number of aliphatic hydroxyl groups is 1. The van der Waals surface area contributed by atoms with Crippen LogP contribution in [0.2, 0.25) is 18.1 Å². The van der Waals surface area contributed by atoms with Gasteiger partial charge < -0.3 is 20.0 Å². The fourth-order valence-corrected chi connectivity index (χ4v) is 3.30. The molecule has 0 aromatic carbocycles. The number of ether oxygens (including phenoxy) is 1. The summed E-state index contributed by atoms with van der Waals surface area (Å²) in [5.41, 5.74) is 6.65. The van der Waals surface area contributed by atoms with Crippen LogP contribution in [0.4, 0.5) is 0 Å². The minimum atomic E-state index is -2.07. The van der Waals surface area contributed by atoms with Crippen molar-refractivity contribution in [3.05, 3.63) is 23.8 Å². The van der Waals surface area contributed by atoms with Gasteiger partial charge in [-0.2, -0.15) is 0 Å². The van der Waals surface area contributed by atoms with Crippen LogP contribution in [-0.2, 0) is 14.0 Å². The summed E-state index contributed by atoms with van der Waals surface area (Å²) < 4.78 is 10.7. The summed E-state index contributed by atoms with van der Waals surface area (Å²) in [6.07, 6.45) is 6.06. The predicted molar refractivity (Wildman–Crippen MR) is 96.9 cm³/mol. The maximum Gasteiger partial charge on any atom is 0.322 e. The lowest BCUT2D eigenvalue weighted by Gasteiger charge is -2.42. The van der Waals surface area contributed by atoms with Crippen LogP contribution < -0.4 is 5.73 Å². The van der Waals surface area contributed by atoms with Crippen molar-refractivity contribution in [2.24, 2.45) is 5.73 Å². The number of methoxy groups -OCH3 is 1. The molecule has 0 aliphatic heterocycles. The van der Waals surface area contributed by atoms with E-state index in [1.54, 1.807) is 12.2 Å². The van der Waals surface area contributed by atoms with Gasteiger partial charge in [0.2, 0.25) is 0 Å². The molecule has 0 aromatic rings. The van der Waals surface area contributed by atoms with E-state index in [9.17, 15) is 9.90 Å². The summed E-state index contributed by atoms with van der Waals surface area (Å²) in [7, 11) is -0.753. The first-order chi connectivity index (χ1) is 9.90. The number of esters is 1. The lowest BCUT2D eigenvalue weighted by molar-refractivity contribution is -0.142. The zero-order chi connectivity index (χ0) is 17.2. The molecule has 0 bridgehead atoms. The van der Waals surface area contributed by atoms with Crippen molar-refractivity contribution in [1.82, 2.24) is 0 Å². The standard InChI is InChI=1S/C16H29NO4Si.ClH/c1-15(2,3)22(5,6)21-16(19)9-7-12(8-10-16)11-13(17)14(18)20-4;/h7-9,13,19H,10-11,17H2,1-6H3;1H/t13-,16?;/m0./s1. The van der Waals surface area contributed by atoms with Gasteiger partial charge in [-0.3, -0.25) is 4.79 Å². The van der Waals surface area contributed by atoms with Crippen LogP contribution in [-0.4, -0.2) is 38.3 Å². The third-order valence-corrected chi connectivity index (χ3v) is 8.89. The molecule has 134 valence electrons. The normalized spacial score (nSPS) is 22.9. The average Bonchev–Trinajstić information content (AvgIpc) is 2.38. The van der Waals surface area contributed by atoms with Crippen LogP contribution in [0.5, 0.6) is 0 Å². The van der Waals surface area contributed by atoms with Crippen molar-refractivity contribution in [3.8, 4) is 0 Å². The first-order valence-corrected chi connectivity index (χ1v) is 10.5. The largest absolute Gasteiger partial charge is 0.468 e. The fraction of sp³-hybridized carbons (Fsp3) is 0.688. The summed E-state index contributed by atoms with van der Waals surface area (Å²) in [6.45, 7) is 10.6. The molecule has 1 aliphatic rings. The minimum absolute atomic E-state index is 0. The van der Waals surface area contributed by atoms with Gasteiger partial charge in [0.05, 0.1) is 7.11 Å². The second-order valence-corrected chi connectivity index (χ2v) is 12.1. The Bertz CT molecular complexity index is 485. The highest BCUT2D eigenvalue weighted by Crippen LogP contribution is 2.40. The number of allylic oxidation sites excluding steroid dienone is 1. The van der Waals surface area contributed by atoms with Gasteiger partial charge in [0.1, 0.15) is 6.04 Å². The average molecular weight is 364 g/mol. The second-order valence-electron chi connectivity index (χ2n) is 7.36. The SMILES string of the molecule is COC(=O)[C@@H](N)CC1=CCC(O)(O[Si](C)(C)C(C)(C)C)C=C1.Cl. The first kappa shape index (κ1) is 22.3. The van der Waals surface area contributed by atoms with Crippen molar-refractivity contribution < 1.29 is 19.1 Å². The predicted octanol–water partition coefficient (Wildman–Crippen LogP) is 2.90. The summed E-state index contributed by atoms with van der Waals surface area (Å²) in [6, 6.07) is -0.687. The van der Waals surface area contributed by atoms with Gasteiger partial charge in [-0.25, -0.2) is 0 Å². The van der Waals surface area contributed by atoms with E-state index in [0.29, 0.717) is 12.8 Å². The van der Waals surface area contributed by atoms with E-state index in [-0.39, 0.29) is 17.4 Å². The Labute approximate surface area is 146 Å². The third kappa shape index (κ3) is 6.04. The van der Waals surface area contributed by atoms with E-state index < -0.39 is 26.1 Å². The van der Waals surface area contributed by atoms with E-state index in [0.717, 1.165) is 5.57 Å². The van der Waals surface area contributed by atoms with Gasteiger partial charge in [0.25, 0.3) is 0 Å². The zero-order valence-corrected chi connectivity index (χ0v) is 16.7. The number of hydrogen-bond donors (Lipinski definition) is 2. The Morgan fingerprint density at radius 2 is 2.04 bits per heavy atom. The van der Waals surface area contributed by atoms with E-state index in [4.69, 9.17) is 10.2 Å². The van der Waals surface area contributed by atoms with Gasteiger partial charge in [0.15, 0.2) is 14.1 Å². The molecule has 0 saturated heterocycles. The number of carbonyl (C=O) groups excluding carboxylic acids is 1. The molecule has 1 unspecified atom stereocenters. The van der Waals surface area contributed by atoms with Gasteiger partial charge in [0, 0.05) is 6.42 Å².